The summed E-state index contributed by atoms with van der Waals surface area (Å²) < 4.78 is 4.16. The van der Waals surface area contributed by atoms with Crippen LogP contribution in [0.25, 0.3) is 0 Å². The Balaban J connectivity index is 3.35. The molecule has 0 spiro atoms. The summed E-state index contributed by atoms with van der Waals surface area (Å²) in [4.78, 5) is 10.1. The quantitative estimate of drug-likeness (QED) is 0.483. The van der Waals surface area contributed by atoms with Crippen LogP contribution in [0.1, 0.15) is 6.92 Å². The third-order valence-corrected chi connectivity index (χ3v) is 0.720. The van der Waals surface area contributed by atoms with Gasteiger partial charge in [-0.15, -0.1) is 0 Å². The predicted octanol–water partition coefficient (Wildman–Crippen LogP) is -0.333. The van der Waals surface area contributed by atoms with E-state index >= 15 is 0 Å². The van der Waals surface area contributed by atoms with Gasteiger partial charge in [-0.25, -0.2) is 0 Å². The minimum atomic E-state index is -0.516. The maximum Gasteiger partial charge on any atom is 0.324 e. The van der Waals surface area contributed by atoms with E-state index < -0.39 is 12.0 Å². The fourth-order valence-electron chi connectivity index (χ4n) is 0.107. The van der Waals surface area contributed by atoms with E-state index in [-0.39, 0.29) is 0 Å². The van der Waals surface area contributed by atoms with Crippen LogP contribution >= 0.6 is 9.47 Å². The maximum atomic E-state index is 10.1. The lowest BCUT2D eigenvalue weighted by Gasteiger charge is -1.98. The van der Waals surface area contributed by atoms with Gasteiger partial charge < -0.3 is 10.3 Å². The standard InChI is InChI=1S/C3H8NO2P/c1-2(4)3(5)6-7/h2H,4,7H2,1H3/t2-/m1/s1. The SMILES string of the molecule is C[C@@H](N)C(=O)OP. The topological polar surface area (TPSA) is 52.3 Å². The molecule has 2 atom stereocenters. The van der Waals surface area contributed by atoms with Crippen LogP contribution in [0.2, 0.25) is 0 Å². The van der Waals surface area contributed by atoms with Crippen molar-refractivity contribution in [3.05, 3.63) is 0 Å². The molecule has 0 aromatic heterocycles. The molecule has 0 saturated heterocycles. The van der Waals surface area contributed by atoms with Gasteiger partial charge in [-0.1, -0.05) is 0 Å². The first-order valence-corrected chi connectivity index (χ1v) is 2.31. The molecule has 0 aliphatic carbocycles. The first-order chi connectivity index (χ1) is 3.18. The van der Waals surface area contributed by atoms with Gasteiger partial charge in [0.25, 0.3) is 0 Å². The molecule has 7 heavy (non-hydrogen) atoms. The van der Waals surface area contributed by atoms with Crippen LogP contribution in [0.5, 0.6) is 0 Å². The highest BCUT2D eigenvalue weighted by molar-refractivity contribution is 7.10. The lowest BCUT2D eigenvalue weighted by Crippen LogP contribution is -2.26. The molecule has 0 fully saturated rings. The number of hydrogen-bond acceptors (Lipinski definition) is 3. The molecular weight excluding hydrogens is 113 g/mol. The van der Waals surface area contributed by atoms with E-state index in [9.17, 15) is 4.79 Å². The fourth-order valence-corrected chi connectivity index (χ4v) is 0.322. The van der Waals surface area contributed by atoms with Gasteiger partial charge >= 0.3 is 5.97 Å². The number of rotatable bonds is 1. The van der Waals surface area contributed by atoms with E-state index in [1.807, 2.05) is 9.47 Å². The van der Waals surface area contributed by atoms with Crippen molar-refractivity contribution in [2.45, 2.75) is 13.0 Å². The van der Waals surface area contributed by atoms with E-state index in [1.165, 1.54) is 0 Å². The van der Waals surface area contributed by atoms with E-state index in [2.05, 4.69) is 4.52 Å². The highest BCUT2D eigenvalue weighted by Crippen LogP contribution is 1.88. The largest absolute Gasteiger partial charge is 0.450 e. The lowest BCUT2D eigenvalue weighted by atomic mass is 10.4. The molecule has 0 rings (SSSR count). The van der Waals surface area contributed by atoms with Gasteiger partial charge in [0, 0.05) is 0 Å². The van der Waals surface area contributed by atoms with Crippen molar-refractivity contribution < 1.29 is 9.32 Å². The molecule has 0 aromatic carbocycles. The first kappa shape index (κ1) is 6.86. The monoisotopic (exact) mass is 121 g/mol. The van der Waals surface area contributed by atoms with Crippen LogP contribution in [-0.4, -0.2) is 12.0 Å². The maximum absolute atomic E-state index is 10.1. The van der Waals surface area contributed by atoms with Crippen LogP contribution in [0.15, 0.2) is 0 Å². The Morgan fingerprint density at radius 2 is 2.43 bits per heavy atom. The summed E-state index contributed by atoms with van der Waals surface area (Å²) in [6, 6.07) is -0.516. The van der Waals surface area contributed by atoms with Gasteiger partial charge in [-0.3, -0.25) is 4.79 Å². The molecule has 4 heteroatoms. The average Bonchev–Trinajstić information content (AvgIpc) is 1.65. The molecule has 42 valence electrons. The van der Waals surface area contributed by atoms with Gasteiger partial charge in [0.15, 0.2) is 0 Å². The normalized spacial score (nSPS) is 13.0. The summed E-state index contributed by atoms with van der Waals surface area (Å²) in [5, 5.41) is 0. The third kappa shape index (κ3) is 2.54. The first-order valence-electron chi connectivity index (χ1n) is 1.84. The highest BCUT2D eigenvalue weighted by Gasteiger charge is 2.03. The zero-order valence-corrected chi connectivity index (χ0v) is 5.20. The van der Waals surface area contributed by atoms with Gasteiger partial charge in [0.05, 0.1) is 9.47 Å². The predicted molar refractivity (Wildman–Crippen MR) is 29.5 cm³/mol. The Morgan fingerprint density at radius 3 is 2.43 bits per heavy atom. The van der Waals surface area contributed by atoms with Crippen LogP contribution < -0.4 is 5.73 Å². The smallest absolute Gasteiger partial charge is 0.324 e. The van der Waals surface area contributed by atoms with E-state index in [0.717, 1.165) is 0 Å². The van der Waals surface area contributed by atoms with Crippen molar-refractivity contribution in [2.24, 2.45) is 5.73 Å². The molecule has 0 aliphatic heterocycles. The Kier molecular flexibility index (Phi) is 2.88. The molecule has 0 amide bonds. The minimum Gasteiger partial charge on any atom is -0.450 e. The summed E-state index contributed by atoms with van der Waals surface area (Å²) in [6.45, 7) is 1.56. The van der Waals surface area contributed by atoms with Gasteiger partial charge in [-0.05, 0) is 6.92 Å². The Labute approximate surface area is 44.5 Å². The molecule has 2 N–H and O–H groups in total. The van der Waals surface area contributed by atoms with Crippen molar-refractivity contribution in [3.63, 3.8) is 0 Å². The highest BCUT2D eigenvalue weighted by atomic mass is 31.0. The Hall–Kier alpha value is -0.140. The molecule has 0 aliphatic rings. The third-order valence-electron chi connectivity index (χ3n) is 0.488. The van der Waals surface area contributed by atoms with Crippen LogP contribution in [-0.2, 0) is 9.32 Å². The van der Waals surface area contributed by atoms with Crippen molar-refractivity contribution in [2.75, 3.05) is 0 Å². The Morgan fingerprint density at radius 1 is 2.00 bits per heavy atom. The molecule has 0 heterocycles. The molecule has 0 aromatic rings. The number of carbonyl (C=O) groups excluding carboxylic acids is 1. The molecule has 0 radical (unpaired) electrons. The van der Waals surface area contributed by atoms with Gasteiger partial charge in [-0.2, -0.15) is 0 Å². The van der Waals surface area contributed by atoms with Crippen molar-refractivity contribution in [3.8, 4) is 0 Å². The average molecular weight is 121 g/mol. The van der Waals surface area contributed by atoms with Crippen LogP contribution in [0, 0.1) is 0 Å². The fraction of sp³-hybridized carbons (Fsp3) is 0.667. The lowest BCUT2D eigenvalue weighted by molar-refractivity contribution is -0.134. The number of carbonyl (C=O) groups is 1. The number of nitrogens with two attached hydrogens (primary N) is 1. The summed E-state index contributed by atoms with van der Waals surface area (Å²) in [5.74, 6) is -0.412. The van der Waals surface area contributed by atoms with E-state index in [1.54, 1.807) is 6.92 Å². The number of hydrogen-bond donors (Lipinski definition) is 1. The molecule has 3 nitrogen and oxygen atoms in total. The van der Waals surface area contributed by atoms with E-state index in [4.69, 9.17) is 5.73 Å². The van der Waals surface area contributed by atoms with Gasteiger partial charge in [0.2, 0.25) is 0 Å². The molecule has 1 unspecified atom stereocenters. The molecular formula is C3H8NO2P. The zero-order valence-electron chi connectivity index (χ0n) is 4.05. The zero-order chi connectivity index (χ0) is 5.86. The molecule has 0 bridgehead atoms. The van der Waals surface area contributed by atoms with Crippen molar-refractivity contribution in [1.82, 2.24) is 0 Å². The Bertz CT molecular complexity index is 73.3. The van der Waals surface area contributed by atoms with Crippen LogP contribution in [0.4, 0.5) is 0 Å². The summed E-state index contributed by atoms with van der Waals surface area (Å²) in [5.41, 5.74) is 5.06. The summed E-state index contributed by atoms with van der Waals surface area (Å²) >= 11 is 0. The summed E-state index contributed by atoms with van der Waals surface area (Å²) in [7, 11) is 1.83. The molecule has 0 saturated carbocycles. The second kappa shape index (κ2) is 2.94. The van der Waals surface area contributed by atoms with Crippen LogP contribution in [0.3, 0.4) is 0 Å². The summed E-state index contributed by atoms with van der Waals surface area (Å²) in [6.07, 6.45) is 0. The minimum absolute atomic E-state index is 0.412. The second-order valence-corrected chi connectivity index (χ2v) is 1.46. The second-order valence-electron chi connectivity index (χ2n) is 1.23. The van der Waals surface area contributed by atoms with Crippen molar-refractivity contribution in [1.29, 1.82) is 0 Å². The van der Waals surface area contributed by atoms with Crippen molar-refractivity contribution >= 4 is 15.4 Å². The van der Waals surface area contributed by atoms with Gasteiger partial charge in [0.1, 0.15) is 6.04 Å². The van der Waals surface area contributed by atoms with E-state index in [0.29, 0.717) is 0 Å².